The summed E-state index contributed by atoms with van der Waals surface area (Å²) in [5.74, 6) is 0. The first-order valence-electron chi connectivity index (χ1n) is 6.14. The van der Waals surface area contributed by atoms with E-state index in [2.05, 4.69) is 48.0 Å². The van der Waals surface area contributed by atoms with E-state index in [1.54, 1.807) is 6.20 Å². The Morgan fingerprint density at radius 1 is 1.11 bits per heavy atom. The molecular formula is C15H18N2O. The molecule has 1 heterocycles. The van der Waals surface area contributed by atoms with Crippen LogP contribution in [0.3, 0.4) is 0 Å². The SMILES string of the molecule is CCN(c1ccc(C)cc1)c1ccnc(CO)c1. The lowest BCUT2D eigenvalue weighted by atomic mass is 10.2. The van der Waals surface area contributed by atoms with Crippen LogP contribution < -0.4 is 4.90 Å². The molecule has 94 valence electrons. The van der Waals surface area contributed by atoms with Crippen LogP contribution in [0.5, 0.6) is 0 Å². The van der Waals surface area contributed by atoms with Gasteiger partial charge < -0.3 is 10.0 Å². The summed E-state index contributed by atoms with van der Waals surface area (Å²) in [6.45, 7) is 5.03. The van der Waals surface area contributed by atoms with E-state index in [1.165, 1.54) is 5.56 Å². The number of hydrogen-bond acceptors (Lipinski definition) is 3. The van der Waals surface area contributed by atoms with E-state index in [4.69, 9.17) is 5.11 Å². The third-order valence-electron chi connectivity index (χ3n) is 2.94. The monoisotopic (exact) mass is 242 g/mol. The molecule has 0 unspecified atom stereocenters. The fourth-order valence-corrected chi connectivity index (χ4v) is 1.96. The van der Waals surface area contributed by atoms with Crippen molar-refractivity contribution in [2.45, 2.75) is 20.5 Å². The van der Waals surface area contributed by atoms with Gasteiger partial charge in [-0.05, 0) is 38.1 Å². The van der Waals surface area contributed by atoms with Crippen LogP contribution in [0.15, 0.2) is 42.6 Å². The Balaban J connectivity index is 2.35. The van der Waals surface area contributed by atoms with Crippen LogP contribution in [-0.4, -0.2) is 16.6 Å². The molecule has 1 aromatic carbocycles. The lowest BCUT2D eigenvalue weighted by Gasteiger charge is -2.23. The average molecular weight is 242 g/mol. The zero-order chi connectivity index (χ0) is 13.0. The van der Waals surface area contributed by atoms with Gasteiger partial charge >= 0.3 is 0 Å². The van der Waals surface area contributed by atoms with Crippen molar-refractivity contribution in [3.8, 4) is 0 Å². The smallest absolute Gasteiger partial charge is 0.0853 e. The van der Waals surface area contributed by atoms with E-state index < -0.39 is 0 Å². The van der Waals surface area contributed by atoms with Crippen LogP contribution >= 0.6 is 0 Å². The van der Waals surface area contributed by atoms with Crippen molar-refractivity contribution >= 4 is 11.4 Å². The minimum absolute atomic E-state index is 0.0285. The summed E-state index contributed by atoms with van der Waals surface area (Å²) in [4.78, 5) is 6.30. The van der Waals surface area contributed by atoms with Crippen molar-refractivity contribution in [2.75, 3.05) is 11.4 Å². The molecule has 0 saturated heterocycles. The maximum absolute atomic E-state index is 9.14. The van der Waals surface area contributed by atoms with E-state index in [9.17, 15) is 0 Å². The number of hydrogen-bond donors (Lipinski definition) is 1. The number of pyridine rings is 1. The molecule has 0 aliphatic rings. The topological polar surface area (TPSA) is 36.4 Å². The van der Waals surface area contributed by atoms with E-state index in [1.807, 2.05) is 12.1 Å². The summed E-state index contributed by atoms with van der Waals surface area (Å²) < 4.78 is 0. The molecule has 0 aliphatic heterocycles. The lowest BCUT2D eigenvalue weighted by Crippen LogP contribution is -2.16. The maximum atomic E-state index is 9.14. The average Bonchev–Trinajstić information content (AvgIpc) is 2.42. The van der Waals surface area contributed by atoms with Crippen molar-refractivity contribution in [1.82, 2.24) is 4.98 Å². The third-order valence-corrected chi connectivity index (χ3v) is 2.94. The molecule has 18 heavy (non-hydrogen) atoms. The molecule has 2 rings (SSSR count). The highest BCUT2D eigenvalue weighted by molar-refractivity contribution is 5.63. The van der Waals surface area contributed by atoms with Crippen LogP contribution in [0, 0.1) is 6.92 Å². The van der Waals surface area contributed by atoms with Gasteiger partial charge in [0.05, 0.1) is 12.3 Å². The Labute approximate surface area is 108 Å². The first-order valence-corrected chi connectivity index (χ1v) is 6.14. The van der Waals surface area contributed by atoms with Gasteiger partial charge in [-0.25, -0.2) is 0 Å². The molecule has 0 aliphatic carbocycles. The summed E-state index contributed by atoms with van der Waals surface area (Å²) in [6.07, 6.45) is 1.73. The highest BCUT2D eigenvalue weighted by Crippen LogP contribution is 2.25. The van der Waals surface area contributed by atoms with Gasteiger partial charge in [-0.3, -0.25) is 4.98 Å². The van der Waals surface area contributed by atoms with Gasteiger partial charge in [-0.1, -0.05) is 17.7 Å². The summed E-state index contributed by atoms with van der Waals surface area (Å²) in [7, 11) is 0. The van der Waals surface area contributed by atoms with E-state index in [-0.39, 0.29) is 6.61 Å². The Kier molecular flexibility index (Phi) is 3.95. The number of aryl methyl sites for hydroxylation is 1. The number of aromatic nitrogens is 1. The zero-order valence-corrected chi connectivity index (χ0v) is 10.8. The molecule has 0 bridgehead atoms. The summed E-state index contributed by atoms with van der Waals surface area (Å²) in [6, 6.07) is 12.3. The number of aliphatic hydroxyl groups excluding tert-OH is 1. The molecule has 0 atom stereocenters. The van der Waals surface area contributed by atoms with Crippen molar-refractivity contribution in [1.29, 1.82) is 0 Å². The van der Waals surface area contributed by atoms with Gasteiger partial charge in [-0.15, -0.1) is 0 Å². The van der Waals surface area contributed by atoms with E-state index in [0.29, 0.717) is 5.69 Å². The Morgan fingerprint density at radius 2 is 1.83 bits per heavy atom. The molecule has 1 aromatic heterocycles. The molecule has 2 aromatic rings. The zero-order valence-electron chi connectivity index (χ0n) is 10.8. The number of benzene rings is 1. The molecular weight excluding hydrogens is 224 g/mol. The van der Waals surface area contributed by atoms with Crippen molar-refractivity contribution in [3.05, 3.63) is 53.9 Å². The fourth-order valence-electron chi connectivity index (χ4n) is 1.96. The quantitative estimate of drug-likeness (QED) is 0.895. The highest BCUT2D eigenvalue weighted by atomic mass is 16.3. The van der Waals surface area contributed by atoms with Crippen LogP contribution in [0.1, 0.15) is 18.2 Å². The number of anilines is 2. The van der Waals surface area contributed by atoms with Gasteiger partial charge in [0.1, 0.15) is 0 Å². The minimum atomic E-state index is -0.0285. The molecule has 0 spiro atoms. The van der Waals surface area contributed by atoms with Gasteiger partial charge in [0.2, 0.25) is 0 Å². The third kappa shape index (κ3) is 2.68. The van der Waals surface area contributed by atoms with Crippen molar-refractivity contribution in [2.24, 2.45) is 0 Å². The van der Waals surface area contributed by atoms with Crippen LogP contribution in [0.2, 0.25) is 0 Å². The van der Waals surface area contributed by atoms with Gasteiger partial charge in [0.15, 0.2) is 0 Å². The summed E-state index contributed by atoms with van der Waals surface area (Å²) in [5, 5.41) is 9.14. The van der Waals surface area contributed by atoms with Gasteiger partial charge in [0.25, 0.3) is 0 Å². The molecule has 3 heteroatoms. The second-order valence-corrected chi connectivity index (χ2v) is 4.24. The predicted molar refractivity (Wildman–Crippen MR) is 74.0 cm³/mol. The van der Waals surface area contributed by atoms with E-state index >= 15 is 0 Å². The van der Waals surface area contributed by atoms with Crippen molar-refractivity contribution in [3.63, 3.8) is 0 Å². The second-order valence-electron chi connectivity index (χ2n) is 4.24. The standard InChI is InChI=1S/C15H18N2O/c1-3-17(14-6-4-12(2)5-7-14)15-8-9-16-13(10-15)11-18/h4-10,18H,3,11H2,1-2H3. The molecule has 0 saturated carbocycles. The first-order chi connectivity index (χ1) is 8.74. The summed E-state index contributed by atoms with van der Waals surface area (Å²) >= 11 is 0. The van der Waals surface area contributed by atoms with Crippen molar-refractivity contribution < 1.29 is 5.11 Å². The Bertz CT molecular complexity index is 508. The predicted octanol–water partition coefficient (Wildman–Crippen LogP) is 3.04. The first kappa shape index (κ1) is 12.6. The second kappa shape index (κ2) is 5.65. The minimum Gasteiger partial charge on any atom is -0.390 e. The fraction of sp³-hybridized carbons (Fsp3) is 0.267. The molecule has 0 radical (unpaired) electrons. The summed E-state index contributed by atoms with van der Waals surface area (Å²) in [5.41, 5.74) is 4.15. The van der Waals surface area contributed by atoms with Gasteiger partial charge in [0, 0.05) is 24.1 Å². The van der Waals surface area contributed by atoms with Gasteiger partial charge in [-0.2, -0.15) is 0 Å². The van der Waals surface area contributed by atoms with Crippen LogP contribution in [0.25, 0.3) is 0 Å². The highest BCUT2D eigenvalue weighted by Gasteiger charge is 2.07. The lowest BCUT2D eigenvalue weighted by molar-refractivity contribution is 0.277. The molecule has 0 amide bonds. The molecule has 1 N–H and O–H groups in total. The largest absolute Gasteiger partial charge is 0.390 e. The van der Waals surface area contributed by atoms with Crippen LogP contribution in [-0.2, 0) is 6.61 Å². The number of aliphatic hydroxyl groups is 1. The Hall–Kier alpha value is -1.87. The normalized spacial score (nSPS) is 10.4. The van der Waals surface area contributed by atoms with E-state index in [0.717, 1.165) is 17.9 Å². The van der Waals surface area contributed by atoms with Crippen LogP contribution in [0.4, 0.5) is 11.4 Å². The molecule has 0 fully saturated rings. The Morgan fingerprint density at radius 3 is 2.44 bits per heavy atom. The number of rotatable bonds is 4. The number of nitrogens with zero attached hydrogens (tertiary/aromatic N) is 2. The molecule has 3 nitrogen and oxygen atoms in total. The maximum Gasteiger partial charge on any atom is 0.0853 e.